The van der Waals surface area contributed by atoms with Crippen molar-refractivity contribution in [2.24, 2.45) is 5.92 Å². The smallest absolute Gasteiger partial charge is 0.240 e. The standard InChI is InChI=1S/C12H17BrClNO3S/c1-2-9(5-6-16)8-15-19(17,18)10-3-4-12(14)11(13)7-10/h3-4,7,9,15-16H,2,5-6,8H2,1H3. The van der Waals surface area contributed by atoms with E-state index in [2.05, 4.69) is 20.7 Å². The Balaban J connectivity index is 2.78. The molecule has 0 radical (unpaired) electrons. The van der Waals surface area contributed by atoms with E-state index in [1.165, 1.54) is 18.2 Å². The fourth-order valence-electron chi connectivity index (χ4n) is 1.59. The first-order valence-electron chi connectivity index (χ1n) is 5.96. The van der Waals surface area contributed by atoms with Crippen LogP contribution >= 0.6 is 27.5 Å². The Bertz CT molecular complexity index is 522. The molecule has 0 aliphatic carbocycles. The summed E-state index contributed by atoms with van der Waals surface area (Å²) in [7, 11) is -3.54. The maximum absolute atomic E-state index is 12.1. The normalized spacial score (nSPS) is 13.5. The summed E-state index contributed by atoms with van der Waals surface area (Å²) in [5, 5.41) is 9.35. The van der Waals surface area contributed by atoms with E-state index in [1.807, 2.05) is 6.92 Å². The fraction of sp³-hybridized carbons (Fsp3) is 0.500. The van der Waals surface area contributed by atoms with Gasteiger partial charge < -0.3 is 5.11 Å². The molecule has 0 saturated heterocycles. The highest BCUT2D eigenvalue weighted by Gasteiger charge is 2.17. The molecule has 1 aromatic rings. The van der Waals surface area contributed by atoms with E-state index in [9.17, 15) is 8.42 Å². The number of sulfonamides is 1. The Morgan fingerprint density at radius 1 is 1.47 bits per heavy atom. The molecule has 1 unspecified atom stereocenters. The second-order valence-electron chi connectivity index (χ2n) is 4.21. The van der Waals surface area contributed by atoms with Gasteiger partial charge in [0.2, 0.25) is 10.0 Å². The lowest BCUT2D eigenvalue weighted by molar-refractivity contribution is 0.254. The van der Waals surface area contributed by atoms with Crippen molar-refractivity contribution >= 4 is 37.6 Å². The molecule has 1 rings (SSSR count). The Hall–Kier alpha value is -0.140. The second-order valence-corrected chi connectivity index (χ2v) is 7.24. The Labute approximate surface area is 127 Å². The molecule has 19 heavy (non-hydrogen) atoms. The lowest BCUT2D eigenvalue weighted by Crippen LogP contribution is -2.29. The van der Waals surface area contributed by atoms with E-state index in [1.54, 1.807) is 0 Å². The van der Waals surface area contributed by atoms with E-state index in [0.29, 0.717) is 22.5 Å². The first-order chi connectivity index (χ1) is 8.90. The third kappa shape index (κ3) is 5.04. The van der Waals surface area contributed by atoms with Crippen molar-refractivity contribution < 1.29 is 13.5 Å². The van der Waals surface area contributed by atoms with Crippen molar-refractivity contribution in [3.05, 3.63) is 27.7 Å². The van der Waals surface area contributed by atoms with Crippen molar-refractivity contribution in [3.63, 3.8) is 0 Å². The molecule has 0 heterocycles. The van der Waals surface area contributed by atoms with Gasteiger partial charge in [-0.2, -0.15) is 0 Å². The monoisotopic (exact) mass is 369 g/mol. The van der Waals surface area contributed by atoms with Crippen LogP contribution in [0.5, 0.6) is 0 Å². The molecule has 1 atom stereocenters. The van der Waals surface area contributed by atoms with E-state index < -0.39 is 10.0 Å². The largest absolute Gasteiger partial charge is 0.396 e. The van der Waals surface area contributed by atoms with Crippen LogP contribution in [0.4, 0.5) is 0 Å². The summed E-state index contributed by atoms with van der Waals surface area (Å²) in [5.74, 6) is 0.135. The van der Waals surface area contributed by atoms with Crippen molar-refractivity contribution in [2.45, 2.75) is 24.7 Å². The molecule has 108 valence electrons. The SMILES string of the molecule is CCC(CCO)CNS(=O)(=O)c1ccc(Cl)c(Br)c1. The van der Waals surface area contributed by atoms with Gasteiger partial charge in [-0.15, -0.1) is 0 Å². The highest BCUT2D eigenvalue weighted by Crippen LogP contribution is 2.25. The van der Waals surface area contributed by atoms with Crippen LogP contribution in [0.3, 0.4) is 0 Å². The van der Waals surface area contributed by atoms with Gasteiger partial charge in [-0.1, -0.05) is 24.9 Å². The van der Waals surface area contributed by atoms with E-state index in [4.69, 9.17) is 16.7 Å². The van der Waals surface area contributed by atoms with Gasteiger partial charge in [-0.05, 0) is 46.5 Å². The minimum Gasteiger partial charge on any atom is -0.396 e. The maximum atomic E-state index is 12.1. The van der Waals surface area contributed by atoms with Crippen LogP contribution < -0.4 is 4.72 Å². The number of benzene rings is 1. The molecule has 0 saturated carbocycles. The van der Waals surface area contributed by atoms with Gasteiger partial charge in [0.15, 0.2) is 0 Å². The van der Waals surface area contributed by atoms with Crippen molar-refractivity contribution in [2.75, 3.05) is 13.2 Å². The van der Waals surface area contributed by atoms with Gasteiger partial charge in [0.1, 0.15) is 0 Å². The predicted molar refractivity (Wildman–Crippen MR) is 79.8 cm³/mol. The number of aliphatic hydroxyl groups excluding tert-OH is 1. The summed E-state index contributed by atoms with van der Waals surface area (Å²) in [4.78, 5) is 0.169. The van der Waals surface area contributed by atoms with E-state index in [0.717, 1.165) is 6.42 Å². The Morgan fingerprint density at radius 3 is 2.68 bits per heavy atom. The lowest BCUT2D eigenvalue weighted by atomic mass is 10.0. The summed E-state index contributed by atoms with van der Waals surface area (Å²) < 4.78 is 27.3. The number of halogens is 2. The summed E-state index contributed by atoms with van der Waals surface area (Å²) in [6.45, 7) is 2.35. The molecule has 0 fully saturated rings. The van der Waals surface area contributed by atoms with Crippen LogP contribution in [0, 0.1) is 5.92 Å². The second kappa shape index (κ2) is 7.59. The number of hydrogen-bond donors (Lipinski definition) is 2. The molecule has 0 bridgehead atoms. The van der Waals surface area contributed by atoms with Crippen LogP contribution in [0.2, 0.25) is 5.02 Å². The molecule has 2 N–H and O–H groups in total. The first-order valence-corrected chi connectivity index (χ1v) is 8.61. The Morgan fingerprint density at radius 2 is 2.16 bits per heavy atom. The molecular weight excluding hydrogens is 354 g/mol. The molecule has 4 nitrogen and oxygen atoms in total. The Kier molecular flexibility index (Phi) is 6.76. The van der Waals surface area contributed by atoms with Crippen molar-refractivity contribution in [1.29, 1.82) is 0 Å². The number of aliphatic hydroxyl groups is 1. The quantitative estimate of drug-likeness (QED) is 0.775. The van der Waals surface area contributed by atoms with Gasteiger partial charge in [0.25, 0.3) is 0 Å². The summed E-state index contributed by atoms with van der Waals surface area (Å²) in [6.07, 6.45) is 1.40. The third-order valence-corrected chi connectivity index (χ3v) is 5.51. The van der Waals surface area contributed by atoms with Gasteiger partial charge in [0.05, 0.1) is 9.92 Å². The average molecular weight is 371 g/mol. The third-order valence-electron chi connectivity index (χ3n) is 2.88. The maximum Gasteiger partial charge on any atom is 0.240 e. The van der Waals surface area contributed by atoms with Crippen LogP contribution in [0.15, 0.2) is 27.6 Å². The zero-order valence-corrected chi connectivity index (χ0v) is 13.7. The average Bonchev–Trinajstić information content (AvgIpc) is 2.37. The molecule has 0 aromatic heterocycles. The molecule has 7 heteroatoms. The van der Waals surface area contributed by atoms with Gasteiger partial charge in [0, 0.05) is 17.6 Å². The summed E-state index contributed by atoms with van der Waals surface area (Å²) >= 11 is 9.03. The van der Waals surface area contributed by atoms with Crippen LogP contribution in [0.25, 0.3) is 0 Å². The highest BCUT2D eigenvalue weighted by molar-refractivity contribution is 9.10. The van der Waals surface area contributed by atoms with Gasteiger partial charge in [-0.25, -0.2) is 13.1 Å². The lowest BCUT2D eigenvalue weighted by Gasteiger charge is -2.14. The molecular formula is C12H17BrClNO3S. The van der Waals surface area contributed by atoms with E-state index in [-0.39, 0.29) is 17.4 Å². The first kappa shape index (κ1) is 16.9. The molecule has 0 aliphatic rings. The van der Waals surface area contributed by atoms with Gasteiger partial charge >= 0.3 is 0 Å². The molecule has 0 spiro atoms. The van der Waals surface area contributed by atoms with Crippen molar-refractivity contribution in [3.8, 4) is 0 Å². The summed E-state index contributed by atoms with van der Waals surface area (Å²) in [5.41, 5.74) is 0. The minimum atomic E-state index is -3.54. The fourth-order valence-corrected chi connectivity index (χ4v) is 3.38. The zero-order chi connectivity index (χ0) is 14.5. The topological polar surface area (TPSA) is 66.4 Å². The summed E-state index contributed by atoms with van der Waals surface area (Å²) in [6, 6.07) is 4.46. The number of nitrogens with one attached hydrogen (secondary N) is 1. The number of rotatable bonds is 7. The van der Waals surface area contributed by atoms with Crippen LogP contribution in [-0.2, 0) is 10.0 Å². The van der Waals surface area contributed by atoms with E-state index >= 15 is 0 Å². The van der Waals surface area contributed by atoms with Gasteiger partial charge in [-0.3, -0.25) is 0 Å². The molecule has 1 aromatic carbocycles. The van der Waals surface area contributed by atoms with Crippen LogP contribution in [-0.4, -0.2) is 26.7 Å². The molecule has 0 amide bonds. The minimum absolute atomic E-state index is 0.0622. The predicted octanol–water partition coefficient (Wildman–Crippen LogP) is 2.79. The van der Waals surface area contributed by atoms with Crippen LogP contribution in [0.1, 0.15) is 19.8 Å². The number of hydrogen-bond acceptors (Lipinski definition) is 3. The zero-order valence-electron chi connectivity index (χ0n) is 10.6. The highest BCUT2D eigenvalue weighted by atomic mass is 79.9. The van der Waals surface area contributed by atoms with Crippen molar-refractivity contribution in [1.82, 2.24) is 4.72 Å². The molecule has 0 aliphatic heterocycles.